The highest BCUT2D eigenvalue weighted by atomic mass is 16.7. The van der Waals surface area contributed by atoms with E-state index in [0.717, 1.165) is 0 Å². The van der Waals surface area contributed by atoms with Gasteiger partial charge in [0, 0.05) is 17.8 Å². The summed E-state index contributed by atoms with van der Waals surface area (Å²) in [6.07, 6.45) is 0.119. The molecule has 1 fully saturated rings. The van der Waals surface area contributed by atoms with Gasteiger partial charge in [0.05, 0.1) is 0 Å². The van der Waals surface area contributed by atoms with Crippen LogP contribution in [0, 0.1) is 0 Å². The second-order valence-electron chi connectivity index (χ2n) is 3.72. The van der Waals surface area contributed by atoms with Crippen molar-refractivity contribution in [2.45, 2.75) is 12.8 Å². The van der Waals surface area contributed by atoms with Crippen molar-refractivity contribution in [3.05, 3.63) is 40.3 Å². The minimum Gasteiger partial charge on any atom is -0.368 e. The number of hydrogen-bond donors (Lipinski definition) is 0. The van der Waals surface area contributed by atoms with Crippen LogP contribution >= 0.6 is 0 Å². The molecule has 0 unspecified atom stereocenters. The SMILES string of the molecule is [N-]=[N+]=NOC(=O)c1ccccc1ON1C(=O)CCC1=O. The molecular formula is C11H8N4O5. The molecule has 0 atom stereocenters. The highest BCUT2D eigenvalue weighted by molar-refractivity contribution is 6.01. The third-order valence-electron chi connectivity index (χ3n) is 2.46. The fourth-order valence-electron chi connectivity index (χ4n) is 1.58. The number of hydroxylamine groups is 2. The summed E-state index contributed by atoms with van der Waals surface area (Å²) in [5.41, 5.74) is 8.01. The number of imide groups is 1. The Kier molecular flexibility index (Phi) is 3.82. The molecule has 1 aliphatic rings. The molecule has 2 amide bonds. The Labute approximate surface area is 112 Å². The first-order valence-electron chi connectivity index (χ1n) is 5.52. The molecule has 1 aliphatic heterocycles. The summed E-state index contributed by atoms with van der Waals surface area (Å²) in [6, 6.07) is 5.79. The molecular weight excluding hydrogens is 268 g/mol. The average Bonchev–Trinajstić information content (AvgIpc) is 2.77. The lowest BCUT2D eigenvalue weighted by Gasteiger charge is -2.15. The molecule has 0 spiro atoms. The number of azide groups is 1. The summed E-state index contributed by atoms with van der Waals surface area (Å²) in [6.45, 7) is 0. The minimum absolute atomic E-state index is 0.0470. The quantitative estimate of drug-likeness (QED) is 0.271. The van der Waals surface area contributed by atoms with Gasteiger partial charge in [-0.15, -0.1) is 5.06 Å². The Morgan fingerprint density at radius 1 is 1.25 bits per heavy atom. The van der Waals surface area contributed by atoms with E-state index in [-0.39, 0.29) is 24.2 Å². The zero-order valence-electron chi connectivity index (χ0n) is 10.1. The predicted molar refractivity (Wildman–Crippen MR) is 62.7 cm³/mol. The lowest BCUT2D eigenvalue weighted by Crippen LogP contribution is -2.33. The van der Waals surface area contributed by atoms with Crippen molar-refractivity contribution in [2.75, 3.05) is 0 Å². The highest BCUT2D eigenvalue weighted by Gasteiger charge is 2.32. The summed E-state index contributed by atoms with van der Waals surface area (Å²) < 4.78 is 0. The smallest absolute Gasteiger partial charge is 0.353 e. The fourth-order valence-corrected chi connectivity index (χ4v) is 1.58. The fraction of sp³-hybridized carbons (Fsp3) is 0.182. The molecule has 0 saturated carbocycles. The molecule has 20 heavy (non-hydrogen) atoms. The lowest BCUT2D eigenvalue weighted by molar-refractivity contribution is -0.164. The minimum atomic E-state index is -0.961. The van der Waals surface area contributed by atoms with Crippen LogP contribution in [-0.4, -0.2) is 22.8 Å². The van der Waals surface area contributed by atoms with E-state index >= 15 is 0 Å². The molecule has 0 radical (unpaired) electrons. The van der Waals surface area contributed by atoms with Gasteiger partial charge in [-0.1, -0.05) is 12.1 Å². The zero-order chi connectivity index (χ0) is 14.5. The number of rotatable bonds is 4. The number of hydrogen-bond acceptors (Lipinski definition) is 6. The average molecular weight is 276 g/mol. The highest BCUT2D eigenvalue weighted by Crippen LogP contribution is 2.23. The standard InChI is InChI=1S/C11H8N4O5/c12-13-14-19-11(18)7-3-1-2-4-8(7)20-15-9(16)5-6-10(15)17/h1-4H,5-6H2. The van der Waals surface area contributed by atoms with Gasteiger partial charge in [0.2, 0.25) is 0 Å². The molecule has 102 valence electrons. The zero-order valence-corrected chi connectivity index (χ0v) is 10.1. The Morgan fingerprint density at radius 2 is 1.90 bits per heavy atom. The Morgan fingerprint density at radius 3 is 2.55 bits per heavy atom. The second-order valence-corrected chi connectivity index (χ2v) is 3.72. The van der Waals surface area contributed by atoms with Crippen LogP contribution in [0.15, 0.2) is 29.5 Å². The molecule has 0 aliphatic carbocycles. The number of para-hydroxylation sites is 1. The van der Waals surface area contributed by atoms with Crippen LogP contribution in [0.4, 0.5) is 0 Å². The normalized spacial score (nSPS) is 13.9. The molecule has 9 nitrogen and oxygen atoms in total. The van der Waals surface area contributed by atoms with Gasteiger partial charge < -0.3 is 9.68 Å². The van der Waals surface area contributed by atoms with Gasteiger partial charge in [-0.3, -0.25) is 9.59 Å². The summed E-state index contributed by atoms with van der Waals surface area (Å²) in [5.74, 6) is -1.99. The third-order valence-corrected chi connectivity index (χ3v) is 2.46. The van der Waals surface area contributed by atoms with E-state index in [0.29, 0.717) is 5.06 Å². The Hall–Kier alpha value is -3.06. The van der Waals surface area contributed by atoms with Gasteiger partial charge in [0.25, 0.3) is 11.8 Å². The molecule has 0 N–H and O–H groups in total. The monoisotopic (exact) mass is 276 g/mol. The van der Waals surface area contributed by atoms with Crippen molar-refractivity contribution >= 4 is 17.8 Å². The van der Waals surface area contributed by atoms with E-state index < -0.39 is 17.8 Å². The first-order valence-corrected chi connectivity index (χ1v) is 5.52. The summed E-state index contributed by atoms with van der Waals surface area (Å²) in [5, 5.41) is 3.28. The molecule has 2 rings (SSSR count). The maximum Gasteiger partial charge on any atom is 0.353 e. The van der Waals surface area contributed by atoms with E-state index in [9.17, 15) is 14.4 Å². The van der Waals surface area contributed by atoms with Crippen molar-refractivity contribution in [3.8, 4) is 5.75 Å². The van der Waals surface area contributed by atoms with Gasteiger partial charge in [-0.05, 0) is 17.7 Å². The first kappa shape index (κ1) is 13.4. The van der Waals surface area contributed by atoms with Crippen LogP contribution in [-0.2, 0) is 14.4 Å². The van der Waals surface area contributed by atoms with Crippen LogP contribution in [0.2, 0.25) is 0 Å². The van der Waals surface area contributed by atoms with Gasteiger partial charge in [-0.2, -0.15) is 0 Å². The van der Waals surface area contributed by atoms with Gasteiger partial charge in [0.15, 0.2) is 5.75 Å². The maximum atomic E-state index is 11.6. The van der Waals surface area contributed by atoms with Gasteiger partial charge in [0.1, 0.15) is 10.8 Å². The third kappa shape index (κ3) is 2.68. The number of nitrogens with zero attached hydrogens (tertiary/aromatic N) is 4. The van der Waals surface area contributed by atoms with Crippen LogP contribution < -0.4 is 4.84 Å². The first-order chi connectivity index (χ1) is 9.63. The predicted octanol–water partition coefficient (Wildman–Crippen LogP) is 1.51. The largest absolute Gasteiger partial charge is 0.368 e. The molecule has 0 aromatic heterocycles. The second kappa shape index (κ2) is 5.72. The topological polar surface area (TPSA) is 122 Å². The van der Waals surface area contributed by atoms with E-state index in [1.165, 1.54) is 18.2 Å². The molecule has 1 heterocycles. The van der Waals surface area contributed by atoms with E-state index in [2.05, 4.69) is 15.0 Å². The van der Waals surface area contributed by atoms with Crippen molar-refractivity contribution in [3.63, 3.8) is 0 Å². The van der Waals surface area contributed by atoms with Crippen LogP contribution in [0.1, 0.15) is 23.2 Å². The summed E-state index contributed by atoms with van der Waals surface area (Å²) in [7, 11) is 0. The van der Waals surface area contributed by atoms with Crippen LogP contribution in [0.25, 0.3) is 10.4 Å². The van der Waals surface area contributed by atoms with Crippen molar-refractivity contribution in [2.24, 2.45) is 5.28 Å². The lowest BCUT2D eigenvalue weighted by atomic mass is 10.2. The number of amides is 2. The van der Waals surface area contributed by atoms with E-state index in [4.69, 9.17) is 10.4 Å². The molecule has 1 aromatic rings. The maximum absolute atomic E-state index is 11.6. The molecule has 1 saturated heterocycles. The van der Waals surface area contributed by atoms with Gasteiger partial charge >= 0.3 is 5.97 Å². The number of carbonyl (C=O) groups is 3. The van der Waals surface area contributed by atoms with Crippen molar-refractivity contribution in [1.29, 1.82) is 0 Å². The van der Waals surface area contributed by atoms with Crippen LogP contribution in [0.5, 0.6) is 5.75 Å². The van der Waals surface area contributed by atoms with Gasteiger partial charge in [-0.25, -0.2) is 4.79 Å². The van der Waals surface area contributed by atoms with Crippen LogP contribution in [0.3, 0.4) is 0 Å². The summed E-state index contributed by atoms with van der Waals surface area (Å²) in [4.78, 5) is 46.1. The summed E-state index contributed by atoms with van der Waals surface area (Å²) >= 11 is 0. The molecule has 1 aromatic carbocycles. The van der Waals surface area contributed by atoms with Crippen molar-refractivity contribution < 1.29 is 24.1 Å². The van der Waals surface area contributed by atoms with E-state index in [1.807, 2.05) is 0 Å². The Bertz CT molecular complexity index is 607. The van der Waals surface area contributed by atoms with E-state index in [1.54, 1.807) is 6.07 Å². The molecule has 0 bridgehead atoms. The number of carbonyl (C=O) groups excluding carboxylic acids is 3. The van der Waals surface area contributed by atoms with Crippen molar-refractivity contribution in [1.82, 2.24) is 5.06 Å². The Balaban J connectivity index is 2.24. The molecule has 9 heteroatoms. The number of benzene rings is 1.